The first-order chi connectivity index (χ1) is 16.0. The highest BCUT2D eigenvalue weighted by Gasteiger charge is 2.28. The zero-order valence-electron chi connectivity index (χ0n) is 19.2. The molecule has 3 aromatic rings. The third kappa shape index (κ3) is 4.98. The number of hydrogen-bond donors (Lipinski definition) is 1. The van der Waals surface area contributed by atoms with Crippen LogP contribution in [0, 0.1) is 0 Å². The second-order valence-electron chi connectivity index (χ2n) is 8.50. The van der Waals surface area contributed by atoms with E-state index in [0.29, 0.717) is 24.5 Å². The van der Waals surface area contributed by atoms with Crippen LogP contribution in [-0.2, 0) is 9.53 Å². The van der Waals surface area contributed by atoms with Gasteiger partial charge in [-0.2, -0.15) is 10.2 Å². The molecule has 0 radical (unpaired) electrons. The van der Waals surface area contributed by atoms with E-state index in [1.54, 1.807) is 29.3 Å². The van der Waals surface area contributed by atoms with Gasteiger partial charge in [-0.05, 0) is 32.3 Å². The molecule has 4 rings (SSSR count). The molecule has 9 heteroatoms. The fourth-order valence-corrected chi connectivity index (χ4v) is 4.15. The average Bonchev–Trinajstić information content (AvgIpc) is 3.50. The van der Waals surface area contributed by atoms with Crippen LogP contribution in [0.15, 0.2) is 55.0 Å². The smallest absolute Gasteiger partial charge is 0.259 e. The number of aromatic nitrogens is 4. The van der Waals surface area contributed by atoms with E-state index >= 15 is 0 Å². The van der Waals surface area contributed by atoms with Crippen molar-refractivity contribution >= 4 is 17.6 Å². The van der Waals surface area contributed by atoms with Gasteiger partial charge in [0.25, 0.3) is 11.8 Å². The van der Waals surface area contributed by atoms with Crippen molar-refractivity contribution in [1.82, 2.24) is 24.5 Å². The van der Waals surface area contributed by atoms with Crippen molar-refractivity contribution in [3.05, 3.63) is 66.1 Å². The lowest BCUT2D eigenvalue weighted by atomic mass is 10.0. The Hall–Kier alpha value is -3.46. The highest BCUT2D eigenvalue weighted by atomic mass is 16.5. The molecule has 2 aromatic heterocycles. The monoisotopic (exact) mass is 450 g/mol. The number of nitrogens with zero attached hydrogens (tertiary/aromatic N) is 5. The van der Waals surface area contributed by atoms with E-state index < -0.39 is 6.10 Å². The third-order valence-electron chi connectivity index (χ3n) is 5.97. The Kier molecular flexibility index (Phi) is 6.88. The molecular weight excluding hydrogens is 420 g/mol. The first-order valence-electron chi connectivity index (χ1n) is 11.2. The zero-order chi connectivity index (χ0) is 23.4. The van der Waals surface area contributed by atoms with Crippen LogP contribution in [0.3, 0.4) is 0 Å². The van der Waals surface area contributed by atoms with Crippen LogP contribution < -0.4 is 5.32 Å². The first kappa shape index (κ1) is 22.7. The molecule has 1 unspecified atom stereocenters. The molecule has 0 aliphatic carbocycles. The van der Waals surface area contributed by atoms with Gasteiger partial charge in [0.1, 0.15) is 5.82 Å². The molecule has 174 valence electrons. The van der Waals surface area contributed by atoms with E-state index in [9.17, 15) is 9.59 Å². The molecule has 1 atom stereocenters. The van der Waals surface area contributed by atoms with Gasteiger partial charge < -0.3 is 15.0 Å². The van der Waals surface area contributed by atoms with E-state index in [0.717, 1.165) is 18.4 Å². The molecule has 0 bridgehead atoms. The summed E-state index contributed by atoms with van der Waals surface area (Å²) in [5, 5.41) is 11.7. The number of rotatable bonds is 7. The van der Waals surface area contributed by atoms with Crippen LogP contribution in [0.2, 0.25) is 0 Å². The number of nitrogens with one attached hydrogen (secondary N) is 1. The summed E-state index contributed by atoms with van der Waals surface area (Å²) in [6, 6.07) is 11.5. The molecule has 33 heavy (non-hydrogen) atoms. The topological polar surface area (TPSA) is 94.3 Å². The summed E-state index contributed by atoms with van der Waals surface area (Å²) in [6.45, 7) is 5.30. The van der Waals surface area contributed by atoms with Crippen LogP contribution in [0.1, 0.15) is 60.8 Å². The highest BCUT2D eigenvalue weighted by Crippen LogP contribution is 2.27. The Morgan fingerprint density at radius 2 is 1.82 bits per heavy atom. The van der Waals surface area contributed by atoms with Gasteiger partial charge in [-0.25, -0.2) is 4.68 Å². The van der Waals surface area contributed by atoms with Gasteiger partial charge in [0, 0.05) is 38.5 Å². The van der Waals surface area contributed by atoms with Gasteiger partial charge in [0.05, 0.1) is 24.0 Å². The summed E-state index contributed by atoms with van der Waals surface area (Å²) < 4.78 is 9.07. The number of hydrogen-bond acceptors (Lipinski definition) is 5. The van der Waals surface area contributed by atoms with E-state index in [2.05, 4.69) is 15.5 Å². The van der Waals surface area contributed by atoms with Gasteiger partial charge in [0.15, 0.2) is 6.10 Å². The van der Waals surface area contributed by atoms with Gasteiger partial charge in [-0.15, -0.1) is 0 Å². The Bertz CT molecular complexity index is 1080. The van der Waals surface area contributed by atoms with Crippen molar-refractivity contribution in [2.75, 3.05) is 25.5 Å². The zero-order valence-corrected chi connectivity index (χ0v) is 19.2. The molecule has 9 nitrogen and oxygen atoms in total. The summed E-state index contributed by atoms with van der Waals surface area (Å²) in [7, 11) is 1.52. The Balaban J connectivity index is 1.38. The minimum absolute atomic E-state index is 0.000129. The fraction of sp³-hybridized carbons (Fsp3) is 0.417. The summed E-state index contributed by atoms with van der Waals surface area (Å²) in [6.07, 6.45) is 5.91. The van der Waals surface area contributed by atoms with Gasteiger partial charge >= 0.3 is 0 Å². The Labute approximate surface area is 193 Å². The maximum atomic E-state index is 12.9. The number of piperidine rings is 1. The molecule has 1 aliphatic rings. The first-order valence-corrected chi connectivity index (χ1v) is 11.2. The minimum atomic E-state index is -0.708. The van der Waals surface area contributed by atoms with E-state index in [1.165, 1.54) is 7.11 Å². The van der Waals surface area contributed by atoms with Crippen molar-refractivity contribution in [1.29, 1.82) is 0 Å². The van der Waals surface area contributed by atoms with Gasteiger partial charge in [-0.3, -0.25) is 14.3 Å². The molecule has 1 N–H and O–H groups in total. The molecule has 0 saturated carbocycles. The average molecular weight is 451 g/mol. The molecule has 0 spiro atoms. The van der Waals surface area contributed by atoms with E-state index in [1.807, 2.05) is 53.8 Å². The number of carbonyl (C=O) groups excluding carboxylic acids is 2. The number of anilines is 1. The minimum Gasteiger partial charge on any atom is -0.367 e. The summed E-state index contributed by atoms with van der Waals surface area (Å²) in [5.74, 6) is 0.376. The molecule has 1 saturated heterocycles. The fourth-order valence-electron chi connectivity index (χ4n) is 4.15. The van der Waals surface area contributed by atoms with E-state index in [-0.39, 0.29) is 23.9 Å². The van der Waals surface area contributed by atoms with Crippen LogP contribution >= 0.6 is 0 Å². The quantitative estimate of drug-likeness (QED) is 0.595. The van der Waals surface area contributed by atoms with Crippen LogP contribution in [0.4, 0.5) is 5.82 Å². The van der Waals surface area contributed by atoms with E-state index in [4.69, 9.17) is 4.74 Å². The number of carbonyl (C=O) groups is 2. The molecule has 1 aliphatic heterocycles. The van der Waals surface area contributed by atoms with Gasteiger partial charge in [0.2, 0.25) is 0 Å². The lowest BCUT2D eigenvalue weighted by Crippen LogP contribution is -2.39. The normalized spacial score (nSPS) is 15.6. The predicted molar refractivity (Wildman–Crippen MR) is 124 cm³/mol. The molecule has 1 aromatic carbocycles. The summed E-state index contributed by atoms with van der Waals surface area (Å²) in [4.78, 5) is 27.6. The van der Waals surface area contributed by atoms with Crippen LogP contribution in [0.25, 0.3) is 0 Å². The largest absolute Gasteiger partial charge is 0.367 e. The number of likely N-dealkylation sites (tertiary alicyclic amines) is 1. The Morgan fingerprint density at radius 3 is 2.45 bits per heavy atom. The standard InChI is InChI=1S/C24H30N6O3/c1-17(2)29-16-19(15-26-29)24(32)28-13-10-20(11-14-28)30-21(9-12-25-30)27-23(31)22(33-3)18-7-5-4-6-8-18/h4-9,12,15-17,20,22H,10-11,13-14H2,1-3H3,(H,27,31). The van der Waals surface area contributed by atoms with Crippen LogP contribution in [-0.4, -0.2) is 56.5 Å². The van der Waals surface area contributed by atoms with Crippen molar-refractivity contribution in [2.45, 2.75) is 44.9 Å². The maximum Gasteiger partial charge on any atom is 0.259 e. The molecule has 3 heterocycles. The predicted octanol–water partition coefficient (Wildman–Crippen LogP) is 3.46. The van der Waals surface area contributed by atoms with Crippen molar-refractivity contribution < 1.29 is 14.3 Å². The lowest BCUT2D eigenvalue weighted by molar-refractivity contribution is -0.126. The van der Waals surface area contributed by atoms with Crippen molar-refractivity contribution in [2.24, 2.45) is 0 Å². The molecular formula is C24H30N6O3. The SMILES string of the molecule is COC(C(=O)Nc1ccnn1C1CCN(C(=O)c2cnn(C(C)C)c2)CC1)c1ccccc1. The summed E-state index contributed by atoms with van der Waals surface area (Å²) in [5.41, 5.74) is 1.40. The van der Waals surface area contributed by atoms with Crippen molar-refractivity contribution in [3.8, 4) is 0 Å². The van der Waals surface area contributed by atoms with Gasteiger partial charge in [-0.1, -0.05) is 30.3 Å². The second kappa shape index (κ2) is 9.99. The Morgan fingerprint density at radius 1 is 1.09 bits per heavy atom. The number of benzene rings is 1. The van der Waals surface area contributed by atoms with Crippen LogP contribution in [0.5, 0.6) is 0 Å². The lowest BCUT2D eigenvalue weighted by Gasteiger charge is -2.32. The maximum absolute atomic E-state index is 12.9. The second-order valence-corrected chi connectivity index (χ2v) is 8.50. The number of ether oxygens (including phenoxy) is 1. The molecule has 2 amide bonds. The number of amides is 2. The molecule has 1 fully saturated rings. The van der Waals surface area contributed by atoms with Crippen molar-refractivity contribution in [3.63, 3.8) is 0 Å². The number of methoxy groups -OCH3 is 1. The third-order valence-corrected chi connectivity index (χ3v) is 5.97. The highest BCUT2D eigenvalue weighted by molar-refractivity contribution is 5.94. The summed E-state index contributed by atoms with van der Waals surface area (Å²) >= 11 is 0.